The van der Waals surface area contributed by atoms with Gasteiger partial charge in [0.05, 0.1) is 32.9 Å². The Labute approximate surface area is 179 Å². The molecule has 31 heavy (non-hydrogen) atoms. The first-order chi connectivity index (χ1) is 14.7. The SMILES string of the molecule is Cc1nc(C)c(C(=O)C2=C(O)C(=O)N(c3ccc(F)cc3F)C2c2cccc(O)c2)s1. The van der Waals surface area contributed by atoms with Gasteiger partial charge in [-0.1, -0.05) is 12.1 Å². The maximum Gasteiger partial charge on any atom is 0.294 e. The number of hydrogen-bond donors (Lipinski definition) is 2. The lowest BCUT2D eigenvalue weighted by Gasteiger charge is -2.27. The minimum Gasteiger partial charge on any atom is -0.508 e. The monoisotopic (exact) mass is 442 g/mol. The number of amides is 1. The van der Waals surface area contributed by atoms with E-state index in [4.69, 9.17) is 0 Å². The molecule has 0 fully saturated rings. The maximum absolute atomic E-state index is 14.6. The molecule has 2 heterocycles. The highest BCUT2D eigenvalue weighted by Crippen LogP contribution is 2.44. The Morgan fingerprint density at radius 2 is 1.87 bits per heavy atom. The van der Waals surface area contributed by atoms with E-state index in [2.05, 4.69) is 4.98 Å². The van der Waals surface area contributed by atoms with Crippen LogP contribution in [-0.2, 0) is 4.79 Å². The van der Waals surface area contributed by atoms with Gasteiger partial charge in [0.25, 0.3) is 5.91 Å². The van der Waals surface area contributed by atoms with Crippen molar-refractivity contribution >= 4 is 28.7 Å². The lowest BCUT2D eigenvalue weighted by Crippen LogP contribution is -2.31. The largest absolute Gasteiger partial charge is 0.508 e. The van der Waals surface area contributed by atoms with Gasteiger partial charge in [0, 0.05) is 6.07 Å². The summed E-state index contributed by atoms with van der Waals surface area (Å²) in [6, 6.07) is 7.12. The van der Waals surface area contributed by atoms with Gasteiger partial charge in [-0.25, -0.2) is 13.8 Å². The minimum atomic E-state index is -1.24. The summed E-state index contributed by atoms with van der Waals surface area (Å²) in [5.41, 5.74) is 0.113. The third-order valence-corrected chi connectivity index (χ3v) is 5.99. The Hall–Kier alpha value is -3.59. The van der Waals surface area contributed by atoms with Crippen molar-refractivity contribution in [2.45, 2.75) is 19.9 Å². The van der Waals surface area contributed by atoms with Crippen molar-refractivity contribution in [2.75, 3.05) is 4.90 Å². The molecule has 1 aromatic heterocycles. The van der Waals surface area contributed by atoms with Crippen LogP contribution in [0.2, 0.25) is 0 Å². The molecule has 0 spiro atoms. The van der Waals surface area contributed by atoms with E-state index in [0.717, 1.165) is 28.4 Å². The molecule has 6 nitrogen and oxygen atoms in total. The molecular weight excluding hydrogens is 426 g/mol. The number of hydrogen-bond acceptors (Lipinski definition) is 6. The molecule has 1 unspecified atom stereocenters. The average Bonchev–Trinajstić information content (AvgIpc) is 3.18. The van der Waals surface area contributed by atoms with Crippen LogP contribution >= 0.6 is 11.3 Å². The first-order valence-corrected chi connectivity index (χ1v) is 10.00. The van der Waals surface area contributed by atoms with Crippen LogP contribution < -0.4 is 4.90 Å². The third kappa shape index (κ3) is 3.46. The van der Waals surface area contributed by atoms with Crippen molar-refractivity contribution in [3.05, 3.63) is 86.6 Å². The molecule has 0 saturated carbocycles. The quantitative estimate of drug-likeness (QED) is 0.580. The summed E-state index contributed by atoms with van der Waals surface area (Å²) in [7, 11) is 0. The second-order valence-corrected chi connectivity index (χ2v) is 8.21. The molecule has 0 saturated heterocycles. The minimum absolute atomic E-state index is 0.146. The van der Waals surface area contributed by atoms with Crippen molar-refractivity contribution in [1.29, 1.82) is 0 Å². The number of phenols is 1. The molecule has 2 N–H and O–H groups in total. The summed E-state index contributed by atoms with van der Waals surface area (Å²) >= 11 is 1.11. The second-order valence-electron chi connectivity index (χ2n) is 7.01. The van der Waals surface area contributed by atoms with Gasteiger partial charge < -0.3 is 10.2 Å². The number of rotatable bonds is 4. The van der Waals surface area contributed by atoms with Gasteiger partial charge in [0.2, 0.25) is 5.78 Å². The van der Waals surface area contributed by atoms with E-state index in [1.165, 1.54) is 24.3 Å². The number of carbonyl (C=O) groups is 2. The van der Waals surface area contributed by atoms with E-state index in [-0.39, 0.29) is 27.5 Å². The van der Waals surface area contributed by atoms with Crippen LogP contribution in [0.4, 0.5) is 14.5 Å². The second kappa shape index (κ2) is 7.59. The first kappa shape index (κ1) is 20.7. The Bertz CT molecular complexity index is 1270. The van der Waals surface area contributed by atoms with Crippen molar-refractivity contribution in [3.8, 4) is 5.75 Å². The molecule has 3 aromatic rings. The maximum atomic E-state index is 14.6. The van der Waals surface area contributed by atoms with Crippen LogP contribution in [0.15, 0.2) is 53.8 Å². The number of aromatic hydroxyl groups is 1. The van der Waals surface area contributed by atoms with E-state index in [1.807, 2.05) is 0 Å². The number of nitrogens with zero attached hydrogens (tertiary/aromatic N) is 2. The molecule has 1 aliphatic heterocycles. The number of anilines is 1. The van der Waals surface area contributed by atoms with E-state index in [9.17, 15) is 28.6 Å². The van der Waals surface area contributed by atoms with Crippen molar-refractivity contribution in [1.82, 2.24) is 4.98 Å². The average molecular weight is 442 g/mol. The summed E-state index contributed by atoms with van der Waals surface area (Å²) in [5.74, 6) is -4.51. The zero-order valence-corrected chi connectivity index (χ0v) is 17.2. The van der Waals surface area contributed by atoms with Gasteiger partial charge in [0.15, 0.2) is 5.76 Å². The van der Waals surface area contributed by atoms with Crippen LogP contribution in [0.5, 0.6) is 5.75 Å². The summed E-state index contributed by atoms with van der Waals surface area (Å²) in [6.07, 6.45) is 0. The predicted molar refractivity (Wildman–Crippen MR) is 110 cm³/mol. The van der Waals surface area contributed by atoms with Crippen LogP contribution in [0.3, 0.4) is 0 Å². The summed E-state index contributed by atoms with van der Waals surface area (Å²) < 4.78 is 28.1. The van der Waals surface area contributed by atoms with E-state index in [0.29, 0.717) is 16.8 Å². The third-order valence-electron chi connectivity index (χ3n) is 4.92. The van der Waals surface area contributed by atoms with Crippen molar-refractivity contribution < 1.29 is 28.6 Å². The molecule has 0 radical (unpaired) electrons. The molecule has 4 rings (SSSR count). The van der Waals surface area contributed by atoms with E-state index in [1.54, 1.807) is 13.8 Å². The highest BCUT2D eigenvalue weighted by Gasteiger charge is 2.46. The van der Waals surface area contributed by atoms with Crippen LogP contribution in [-0.4, -0.2) is 26.9 Å². The van der Waals surface area contributed by atoms with Gasteiger partial charge in [0.1, 0.15) is 17.4 Å². The number of benzene rings is 2. The Balaban J connectivity index is 1.93. The van der Waals surface area contributed by atoms with E-state index >= 15 is 0 Å². The van der Waals surface area contributed by atoms with Crippen LogP contribution in [0, 0.1) is 25.5 Å². The van der Waals surface area contributed by atoms with Gasteiger partial charge in [-0.05, 0) is 43.7 Å². The molecule has 1 aliphatic rings. The Morgan fingerprint density at radius 1 is 1.13 bits per heavy atom. The molecule has 9 heteroatoms. The predicted octanol–water partition coefficient (Wildman–Crippen LogP) is 4.53. The first-order valence-electron chi connectivity index (χ1n) is 9.18. The highest BCUT2D eigenvalue weighted by atomic mass is 32.1. The van der Waals surface area contributed by atoms with Gasteiger partial charge in [-0.3, -0.25) is 14.5 Å². The topological polar surface area (TPSA) is 90.7 Å². The van der Waals surface area contributed by atoms with Crippen molar-refractivity contribution in [3.63, 3.8) is 0 Å². The van der Waals surface area contributed by atoms with Gasteiger partial charge in [-0.15, -0.1) is 11.3 Å². The number of thiazole rings is 1. The highest BCUT2D eigenvalue weighted by molar-refractivity contribution is 7.14. The molecule has 1 amide bonds. The van der Waals surface area contributed by atoms with Crippen molar-refractivity contribution in [2.24, 2.45) is 0 Å². The number of aliphatic hydroxyl groups excluding tert-OH is 1. The molecule has 1 atom stereocenters. The fraction of sp³-hybridized carbons (Fsp3) is 0.136. The number of aryl methyl sites for hydroxylation is 2. The molecule has 2 aromatic carbocycles. The normalized spacial score (nSPS) is 16.3. The zero-order chi connectivity index (χ0) is 22.4. The summed E-state index contributed by atoms with van der Waals surface area (Å²) in [5, 5.41) is 21.2. The summed E-state index contributed by atoms with van der Waals surface area (Å²) in [6.45, 7) is 3.35. The molecule has 0 aliphatic carbocycles. The number of ketones is 1. The number of phenolic OH excluding ortho intramolecular Hbond substituents is 1. The van der Waals surface area contributed by atoms with Gasteiger partial charge >= 0.3 is 0 Å². The smallest absolute Gasteiger partial charge is 0.294 e. The standard InChI is InChI=1S/C22H16F2N2O4S/c1-10-21(31-11(2)25-10)19(28)17-18(12-4-3-5-14(27)8-12)26(22(30)20(17)29)16-7-6-13(23)9-15(16)24/h3-9,18,27,29H,1-2H3. The van der Waals surface area contributed by atoms with Crippen LogP contribution in [0.1, 0.15) is 32.0 Å². The Kier molecular flexibility index (Phi) is 5.06. The number of halogens is 2. The van der Waals surface area contributed by atoms with Crippen LogP contribution in [0.25, 0.3) is 0 Å². The number of carbonyl (C=O) groups excluding carboxylic acids is 2. The number of aromatic nitrogens is 1. The zero-order valence-electron chi connectivity index (χ0n) is 16.4. The number of aliphatic hydroxyl groups is 1. The summed E-state index contributed by atoms with van der Waals surface area (Å²) in [4.78, 5) is 31.7. The number of Topliss-reactive ketones (excluding diaryl/α,β-unsaturated/α-hetero) is 1. The fourth-order valence-electron chi connectivity index (χ4n) is 3.64. The fourth-order valence-corrected chi connectivity index (χ4v) is 4.51. The van der Waals surface area contributed by atoms with E-state index < -0.39 is 35.1 Å². The Morgan fingerprint density at radius 3 is 2.48 bits per heavy atom. The molecule has 0 bridgehead atoms. The lowest BCUT2D eigenvalue weighted by atomic mass is 9.94. The van der Waals surface area contributed by atoms with Gasteiger partial charge in [-0.2, -0.15) is 0 Å². The lowest BCUT2D eigenvalue weighted by molar-refractivity contribution is -0.117. The molecule has 158 valence electrons. The molecular formula is C22H16F2N2O4S.